The highest BCUT2D eigenvalue weighted by atomic mass is 16.6. The van der Waals surface area contributed by atoms with Crippen molar-refractivity contribution in [3.63, 3.8) is 0 Å². The molecule has 3 aliphatic carbocycles. The van der Waals surface area contributed by atoms with Crippen LogP contribution in [0.4, 0.5) is 0 Å². The molecule has 2 saturated carbocycles. The fraction of sp³-hybridized carbons (Fsp3) is 0.618. The van der Waals surface area contributed by atoms with E-state index in [0.29, 0.717) is 30.4 Å². The lowest BCUT2D eigenvalue weighted by molar-refractivity contribution is -0.183. The molecular weight excluding hydrogens is 550 g/mol. The smallest absolute Gasteiger partial charge is 0.308 e. The zero-order valence-electron chi connectivity index (χ0n) is 26.4. The van der Waals surface area contributed by atoms with Crippen molar-refractivity contribution in [3.8, 4) is 0 Å². The molecule has 2 bridgehead atoms. The van der Waals surface area contributed by atoms with Gasteiger partial charge >= 0.3 is 17.9 Å². The molecule has 0 amide bonds. The van der Waals surface area contributed by atoms with Crippen LogP contribution in [0.3, 0.4) is 0 Å². The van der Waals surface area contributed by atoms with Crippen LogP contribution in [0.25, 0.3) is 0 Å². The number of carbonyl (C=O) groups is 3. The van der Waals surface area contributed by atoms with Crippen LogP contribution in [0, 0.1) is 22.7 Å². The lowest BCUT2D eigenvalue weighted by atomic mass is 9.49. The lowest BCUT2D eigenvalue weighted by Gasteiger charge is -2.59. The predicted molar refractivity (Wildman–Crippen MR) is 160 cm³/mol. The van der Waals surface area contributed by atoms with Crippen molar-refractivity contribution in [2.45, 2.75) is 104 Å². The Bertz CT molecular complexity index is 1270. The number of hydrogen-bond acceptors (Lipinski definition) is 9. The highest BCUT2D eigenvalue weighted by Gasteiger charge is 2.62. The van der Waals surface area contributed by atoms with Crippen molar-refractivity contribution in [2.24, 2.45) is 22.7 Å². The van der Waals surface area contributed by atoms with Gasteiger partial charge in [0, 0.05) is 31.2 Å². The number of nitrogens with one attached hydrogen (secondary N) is 1. The summed E-state index contributed by atoms with van der Waals surface area (Å²) in [5, 5.41) is 27.5. The molecule has 0 spiro atoms. The van der Waals surface area contributed by atoms with Gasteiger partial charge < -0.3 is 29.7 Å². The van der Waals surface area contributed by atoms with Crippen molar-refractivity contribution in [3.05, 3.63) is 59.2 Å². The Kier molecular flexibility index (Phi) is 9.59. The van der Waals surface area contributed by atoms with Gasteiger partial charge in [0.15, 0.2) is 6.10 Å². The summed E-state index contributed by atoms with van der Waals surface area (Å²) in [6.07, 6.45) is -3.33. The number of fused-ring (bicyclic) bond motifs is 3. The fourth-order valence-corrected chi connectivity index (χ4v) is 8.04. The first-order valence-electron chi connectivity index (χ1n) is 15.2. The summed E-state index contributed by atoms with van der Waals surface area (Å²) >= 11 is 0. The molecule has 0 unspecified atom stereocenters. The maximum atomic E-state index is 13.2. The van der Waals surface area contributed by atoms with Crippen LogP contribution in [0.5, 0.6) is 0 Å². The van der Waals surface area contributed by atoms with Crippen molar-refractivity contribution < 1.29 is 38.8 Å². The molecule has 0 saturated heterocycles. The molecule has 3 N–H and O–H groups in total. The van der Waals surface area contributed by atoms with E-state index in [0.717, 1.165) is 11.1 Å². The minimum atomic E-state index is -1.21. The summed E-state index contributed by atoms with van der Waals surface area (Å²) in [6.45, 7) is 14.6. The molecule has 9 atom stereocenters. The van der Waals surface area contributed by atoms with Crippen LogP contribution >= 0.6 is 0 Å². The van der Waals surface area contributed by atoms with E-state index in [-0.39, 0.29) is 12.5 Å². The van der Waals surface area contributed by atoms with Gasteiger partial charge in [-0.1, -0.05) is 57.7 Å². The first kappa shape index (κ1) is 32.9. The second kappa shape index (κ2) is 12.5. The van der Waals surface area contributed by atoms with Crippen LogP contribution in [0.15, 0.2) is 53.6 Å². The molecule has 3 aliphatic rings. The molecule has 43 heavy (non-hydrogen) atoms. The minimum Gasteiger partial charge on any atom is -0.458 e. The number of aliphatic hydroxyl groups excluding tert-OH is 2. The first-order chi connectivity index (χ1) is 20.1. The summed E-state index contributed by atoms with van der Waals surface area (Å²) in [5.74, 6) is -2.54. The monoisotopic (exact) mass is 597 g/mol. The van der Waals surface area contributed by atoms with Gasteiger partial charge in [-0.3, -0.25) is 14.4 Å². The van der Waals surface area contributed by atoms with Crippen molar-refractivity contribution in [1.82, 2.24) is 5.32 Å². The van der Waals surface area contributed by atoms with Gasteiger partial charge in [0.2, 0.25) is 0 Å². The van der Waals surface area contributed by atoms with Crippen LogP contribution in [0.1, 0.15) is 78.8 Å². The number of hydrogen-bond donors (Lipinski definition) is 3. The lowest BCUT2D eigenvalue weighted by Crippen LogP contribution is -2.63. The zero-order valence-corrected chi connectivity index (χ0v) is 26.4. The van der Waals surface area contributed by atoms with Crippen LogP contribution in [0.2, 0.25) is 0 Å². The van der Waals surface area contributed by atoms with E-state index in [9.17, 15) is 24.6 Å². The minimum absolute atomic E-state index is 0.110. The maximum absolute atomic E-state index is 13.2. The van der Waals surface area contributed by atoms with Crippen LogP contribution in [-0.2, 0) is 28.6 Å². The second-order valence-corrected chi connectivity index (χ2v) is 13.3. The molecule has 0 aliphatic heterocycles. The van der Waals surface area contributed by atoms with Gasteiger partial charge in [0.1, 0.15) is 18.3 Å². The van der Waals surface area contributed by atoms with E-state index in [4.69, 9.17) is 14.2 Å². The van der Waals surface area contributed by atoms with Crippen molar-refractivity contribution >= 4 is 17.9 Å². The highest BCUT2D eigenvalue weighted by molar-refractivity contribution is 5.71. The summed E-state index contributed by atoms with van der Waals surface area (Å²) in [7, 11) is 1.79. The SMILES string of the molecule is C=C1[C@@H](OC(=O)C[C@@H](NC)c2ccccc2)CC[C@@]2(C)[C@@H](O)[C@H](OC(C)=O)C3=C(C)[C@@H](OC(C)=O)C[C@@H]([C@@H](O)[C@H]12)C3(C)C. The van der Waals surface area contributed by atoms with Gasteiger partial charge in [0.25, 0.3) is 0 Å². The summed E-state index contributed by atoms with van der Waals surface area (Å²) in [4.78, 5) is 37.7. The predicted octanol–water partition coefficient (Wildman–Crippen LogP) is 4.18. The Labute approximate surface area is 254 Å². The maximum Gasteiger partial charge on any atom is 0.308 e. The number of carbonyl (C=O) groups excluding carboxylic acids is 3. The molecule has 0 heterocycles. The van der Waals surface area contributed by atoms with Crippen LogP contribution in [-0.4, -0.2) is 65.7 Å². The molecule has 4 rings (SSSR count). The molecule has 1 aromatic rings. The Morgan fingerprint density at radius 3 is 2.23 bits per heavy atom. The number of rotatable bonds is 7. The van der Waals surface area contributed by atoms with Crippen molar-refractivity contribution in [2.75, 3.05) is 7.05 Å². The summed E-state index contributed by atoms with van der Waals surface area (Å²) in [5.41, 5.74) is 1.18. The third kappa shape index (κ3) is 6.17. The Hall–Kier alpha value is -3.01. The highest BCUT2D eigenvalue weighted by Crippen LogP contribution is 2.59. The van der Waals surface area contributed by atoms with E-state index >= 15 is 0 Å². The molecule has 0 aromatic heterocycles. The first-order valence-corrected chi connectivity index (χ1v) is 15.2. The third-order valence-electron chi connectivity index (χ3n) is 10.3. The number of esters is 3. The normalized spacial score (nSPS) is 34.3. The van der Waals surface area contributed by atoms with Gasteiger partial charge in [-0.15, -0.1) is 0 Å². The number of ether oxygens (including phenoxy) is 3. The number of benzene rings is 1. The average Bonchev–Trinajstić information content (AvgIpc) is 2.93. The Balaban J connectivity index is 1.70. The number of aliphatic hydroxyl groups is 2. The standard InChI is InChI=1S/C34H47NO8/c1-18-25(43-27(38)17-24(35-8)22-12-10-9-11-13-22)14-15-34(7)28(18)30(39)23-16-26(41-20(3)36)19(2)29(33(23,5)6)31(32(34)40)42-21(4)37/h9-13,23-26,28,30-32,35,39-40H,1,14-17H2,2-8H3/t23-,24+,25-,26-,28-,30+,31+,32-,34+/m0/s1. The summed E-state index contributed by atoms with van der Waals surface area (Å²) in [6, 6.07) is 9.42. The molecule has 9 nitrogen and oxygen atoms in total. The van der Waals surface area contributed by atoms with E-state index in [1.54, 1.807) is 7.05 Å². The van der Waals surface area contributed by atoms with E-state index in [2.05, 4.69) is 11.9 Å². The Morgan fingerprint density at radius 1 is 1.02 bits per heavy atom. The Morgan fingerprint density at radius 2 is 1.65 bits per heavy atom. The average molecular weight is 598 g/mol. The van der Waals surface area contributed by atoms with E-state index in [1.807, 2.05) is 58.0 Å². The van der Waals surface area contributed by atoms with E-state index in [1.165, 1.54) is 13.8 Å². The van der Waals surface area contributed by atoms with Crippen molar-refractivity contribution in [1.29, 1.82) is 0 Å². The molecule has 236 valence electrons. The van der Waals surface area contributed by atoms with Crippen LogP contribution < -0.4 is 5.32 Å². The summed E-state index contributed by atoms with van der Waals surface area (Å²) < 4.78 is 17.6. The molecule has 2 fully saturated rings. The molecular formula is C34H47NO8. The van der Waals surface area contributed by atoms with E-state index < -0.39 is 71.1 Å². The molecule has 0 radical (unpaired) electrons. The second-order valence-electron chi connectivity index (χ2n) is 13.3. The van der Waals surface area contributed by atoms with Gasteiger partial charge in [0.05, 0.1) is 12.5 Å². The van der Waals surface area contributed by atoms with Gasteiger partial charge in [-0.25, -0.2) is 0 Å². The molecule has 9 heteroatoms. The fourth-order valence-electron chi connectivity index (χ4n) is 8.04. The quantitative estimate of drug-likeness (QED) is 0.241. The van der Waals surface area contributed by atoms with Gasteiger partial charge in [-0.05, 0) is 66.8 Å². The molecule has 1 aromatic carbocycles. The largest absolute Gasteiger partial charge is 0.458 e. The zero-order chi connectivity index (χ0) is 31.9. The topological polar surface area (TPSA) is 131 Å². The van der Waals surface area contributed by atoms with Gasteiger partial charge in [-0.2, -0.15) is 0 Å². The third-order valence-corrected chi connectivity index (χ3v) is 10.3.